The summed E-state index contributed by atoms with van der Waals surface area (Å²) in [5, 5.41) is 12.0. The van der Waals surface area contributed by atoms with Crippen LogP contribution in [0, 0.1) is 0 Å². The molecule has 0 saturated heterocycles. The Morgan fingerprint density at radius 1 is 1.20 bits per heavy atom. The molecule has 1 saturated carbocycles. The number of anilines is 1. The van der Waals surface area contributed by atoms with Gasteiger partial charge in [-0.1, -0.05) is 0 Å². The molecule has 5 nitrogen and oxygen atoms in total. The van der Waals surface area contributed by atoms with Gasteiger partial charge in [-0.25, -0.2) is 9.97 Å². The van der Waals surface area contributed by atoms with E-state index in [1.54, 1.807) is 6.33 Å². The van der Waals surface area contributed by atoms with Crippen molar-refractivity contribution < 1.29 is 5.11 Å². The first-order valence-electron chi connectivity index (χ1n) is 6.72. The van der Waals surface area contributed by atoms with Gasteiger partial charge in [-0.15, -0.1) is 24.8 Å². The van der Waals surface area contributed by atoms with E-state index in [0.29, 0.717) is 12.0 Å². The Morgan fingerprint density at radius 3 is 2.60 bits per heavy atom. The van der Waals surface area contributed by atoms with Gasteiger partial charge in [0.1, 0.15) is 12.1 Å². The lowest BCUT2D eigenvalue weighted by Crippen LogP contribution is -2.35. The number of hydrogen-bond donors (Lipinski definition) is 3. The van der Waals surface area contributed by atoms with Crippen LogP contribution >= 0.6 is 24.8 Å². The zero-order valence-electron chi connectivity index (χ0n) is 11.5. The molecular formula is C13H24Cl2N4O. The zero-order valence-corrected chi connectivity index (χ0v) is 13.1. The number of nitrogens with one attached hydrogen (secondary N) is 1. The summed E-state index contributed by atoms with van der Waals surface area (Å²) in [5.41, 5.74) is 6.89. The van der Waals surface area contributed by atoms with Crippen molar-refractivity contribution in [2.45, 2.75) is 44.1 Å². The fourth-order valence-electron chi connectivity index (χ4n) is 2.23. The maximum absolute atomic E-state index is 8.68. The number of nitrogens with zero attached hydrogens (tertiary/aromatic N) is 2. The van der Waals surface area contributed by atoms with E-state index < -0.39 is 0 Å². The first-order chi connectivity index (χ1) is 8.79. The van der Waals surface area contributed by atoms with Gasteiger partial charge in [0.2, 0.25) is 0 Å². The Morgan fingerprint density at radius 2 is 1.95 bits per heavy atom. The van der Waals surface area contributed by atoms with Crippen LogP contribution in [0.1, 0.15) is 43.7 Å². The van der Waals surface area contributed by atoms with Gasteiger partial charge in [-0.2, -0.15) is 0 Å². The Labute approximate surface area is 132 Å². The van der Waals surface area contributed by atoms with Crippen LogP contribution in [0.15, 0.2) is 12.4 Å². The first kappa shape index (κ1) is 19.4. The van der Waals surface area contributed by atoms with Gasteiger partial charge in [0.15, 0.2) is 0 Å². The second-order valence-corrected chi connectivity index (χ2v) is 4.97. The summed E-state index contributed by atoms with van der Waals surface area (Å²) in [4.78, 5) is 8.53. The first-order valence-corrected chi connectivity index (χ1v) is 6.72. The molecule has 1 aliphatic carbocycles. The maximum Gasteiger partial charge on any atom is 0.129 e. The molecule has 2 rings (SSSR count). The summed E-state index contributed by atoms with van der Waals surface area (Å²) in [5.74, 6) is 1.41. The average Bonchev–Trinajstić information content (AvgIpc) is 2.35. The number of nitrogens with two attached hydrogens (primary N) is 1. The van der Waals surface area contributed by atoms with Crippen molar-refractivity contribution in [2.24, 2.45) is 5.73 Å². The van der Waals surface area contributed by atoms with Gasteiger partial charge in [-0.3, -0.25) is 0 Å². The second-order valence-electron chi connectivity index (χ2n) is 4.97. The highest BCUT2D eigenvalue weighted by Gasteiger charge is 2.28. The fourth-order valence-corrected chi connectivity index (χ4v) is 2.23. The summed E-state index contributed by atoms with van der Waals surface area (Å²) < 4.78 is 0. The minimum Gasteiger partial charge on any atom is -0.396 e. The summed E-state index contributed by atoms with van der Waals surface area (Å²) in [6, 6.07) is 2.38. The third-order valence-electron chi connectivity index (χ3n) is 3.42. The quantitative estimate of drug-likeness (QED) is 0.669. The van der Waals surface area contributed by atoms with Gasteiger partial charge in [0.05, 0.1) is 0 Å². The van der Waals surface area contributed by atoms with E-state index in [4.69, 9.17) is 10.8 Å². The Bertz CT molecular complexity index is 375. The smallest absolute Gasteiger partial charge is 0.129 e. The molecule has 116 valence electrons. The number of halogens is 2. The predicted molar refractivity (Wildman–Crippen MR) is 85.9 cm³/mol. The lowest BCUT2D eigenvalue weighted by Gasteiger charge is -2.31. The third kappa shape index (κ3) is 5.79. The van der Waals surface area contributed by atoms with Crippen LogP contribution in [0.5, 0.6) is 0 Å². The van der Waals surface area contributed by atoms with E-state index in [-0.39, 0.29) is 31.4 Å². The van der Waals surface area contributed by atoms with E-state index in [0.717, 1.165) is 50.2 Å². The topological polar surface area (TPSA) is 84.1 Å². The molecule has 1 aromatic rings. The number of hydrogen-bond acceptors (Lipinski definition) is 5. The summed E-state index contributed by atoms with van der Waals surface area (Å²) in [6.07, 6.45) is 6.65. The average molecular weight is 323 g/mol. The lowest BCUT2D eigenvalue weighted by molar-refractivity contribution is 0.283. The van der Waals surface area contributed by atoms with Crippen molar-refractivity contribution in [3.8, 4) is 0 Å². The van der Waals surface area contributed by atoms with E-state index in [9.17, 15) is 0 Å². The van der Waals surface area contributed by atoms with Crippen LogP contribution < -0.4 is 11.1 Å². The summed E-state index contributed by atoms with van der Waals surface area (Å²) in [6.45, 7) is 1.17. The SMILES string of the molecule is Cl.Cl.NC1CC(c2cc(NCCCCCO)ncn2)C1. The molecule has 0 spiro atoms. The molecule has 0 radical (unpaired) electrons. The fraction of sp³-hybridized carbons (Fsp3) is 0.692. The van der Waals surface area contributed by atoms with Gasteiger partial charge in [0.25, 0.3) is 0 Å². The minimum atomic E-state index is 0. The Hall–Kier alpha value is -0.620. The molecule has 0 aliphatic heterocycles. The third-order valence-corrected chi connectivity index (χ3v) is 3.42. The molecule has 7 heteroatoms. The number of aromatic nitrogens is 2. The standard InChI is InChI=1S/C13H22N4O.2ClH/c14-11-6-10(7-11)12-8-13(17-9-16-12)15-4-2-1-3-5-18;;/h8-11,18H,1-7,14H2,(H,15,16,17);2*1H. The summed E-state index contributed by atoms with van der Waals surface area (Å²) >= 11 is 0. The van der Waals surface area contributed by atoms with E-state index in [1.165, 1.54) is 0 Å². The Kier molecular flexibility index (Phi) is 9.84. The summed E-state index contributed by atoms with van der Waals surface area (Å²) in [7, 11) is 0. The van der Waals surface area contributed by atoms with E-state index in [1.807, 2.05) is 6.07 Å². The Balaban J connectivity index is 0.00000180. The second kappa shape index (κ2) is 10.2. The molecule has 4 N–H and O–H groups in total. The van der Waals surface area contributed by atoms with E-state index >= 15 is 0 Å². The van der Waals surface area contributed by atoms with Gasteiger partial charge in [-0.05, 0) is 32.1 Å². The number of rotatable bonds is 7. The largest absolute Gasteiger partial charge is 0.396 e. The number of unbranched alkanes of at least 4 members (excludes halogenated alkanes) is 2. The van der Waals surface area contributed by atoms with Crippen molar-refractivity contribution in [2.75, 3.05) is 18.5 Å². The molecular weight excluding hydrogens is 299 g/mol. The molecule has 0 bridgehead atoms. The molecule has 1 aromatic heterocycles. The predicted octanol–water partition coefficient (Wildman–Crippen LogP) is 2.10. The van der Waals surface area contributed by atoms with Crippen molar-refractivity contribution >= 4 is 30.6 Å². The lowest BCUT2D eigenvalue weighted by atomic mass is 9.79. The number of aliphatic hydroxyl groups is 1. The number of aliphatic hydroxyl groups excluding tert-OH is 1. The highest BCUT2D eigenvalue weighted by Crippen LogP contribution is 2.34. The molecule has 1 aliphatic rings. The maximum atomic E-state index is 8.68. The van der Waals surface area contributed by atoms with E-state index in [2.05, 4.69) is 15.3 Å². The van der Waals surface area contributed by atoms with Gasteiger partial charge >= 0.3 is 0 Å². The van der Waals surface area contributed by atoms with Crippen molar-refractivity contribution in [3.05, 3.63) is 18.1 Å². The monoisotopic (exact) mass is 322 g/mol. The molecule has 1 fully saturated rings. The molecule has 0 aromatic carbocycles. The molecule has 0 unspecified atom stereocenters. The van der Waals surface area contributed by atoms with Crippen LogP contribution in [0.4, 0.5) is 5.82 Å². The van der Waals surface area contributed by atoms with Gasteiger partial charge in [0, 0.05) is 36.9 Å². The molecule has 20 heavy (non-hydrogen) atoms. The minimum absolute atomic E-state index is 0. The van der Waals surface area contributed by atoms with Crippen molar-refractivity contribution in [1.29, 1.82) is 0 Å². The highest BCUT2D eigenvalue weighted by molar-refractivity contribution is 5.85. The molecule has 1 heterocycles. The molecule has 0 amide bonds. The van der Waals surface area contributed by atoms with Crippen LogP contribution in [0.2, 0.25) is 0 Å². The normalized spacial score (nSPS) is 20.3. The van der Waals surface area contributed by atoms with Crippen molar-refractivity contribution in [3.63, 3.8) is 0 Å². The van der Waals surface area contributed by atoms with Crippen molar-refractivity contribution in [1.82, 2.24) is 9.97 Å². The van der Waals surface area contributed by atoms with Crippen LogP contribution in [0.3, 0.4) is 0 Å². The zero-order chi connectivity index (χ0) is 12.8. The van der Waals surface area contributed by atoms with Gasteiger partial charge < -0.3 is 16.2 Å². The van der Waals surface area contributed by atoms with Crippen LogP contribution in [0.25, 0.3) is 0 Å². The highest BCUT2D eigenvalue weighted by atomic mass is 35.5. The van der Waals surface area contributed by atoms with Crippen LogP contribution in [-0.2, 0) is 0 Å². The van der Waals surface area contributed by atoms with Crippen LogP contribution in [-0.4, -0.2) is 34.3 Å². The molecule has 0 atom stereocenters.